The van der Waals surface area contributed by atoms with Crippen molar-refractivity contribution in [2.45, 2.75) is 32.3 Å². The van der Waals surface area contributed by atoms with Crippen LogP contribution in [0, 0.1) is 0 Å². The van der Waals surface area contributed by atoms with Gasteiger partial charge >= 0.3 is 5.97 Å². The standard InChI is InChI=1S/C13H18O4/c1-13(2,17-15)10-12(14)16-9-8-11-6-4-3-5-7-11/h3-7,15H,8-10H2,1-2H3/i10D. The van der Waals surface area contributed by atoms with Crippen LogP contribution in [-0.4, -0.2) is 23.4 Å². The van der Waals surface area contributed by atoms with Gasteiger partial charge in [-0.15, -0.1) is 0 Å². The molecule has 0 bridgehead atoms. The summed E-state index contributed by atoms with van der Waals surface area (Å²) in [5, 5.41) is 8.59. The number of carbonyl (C=O) groups excluding carboxylic acids is 1. The van der Waals surface area contributed by atoms with Crippen LogP contribution in [0.4, 0.5) is 0 Å². The van der Waals surface area contributed by atoms with E-state index in [1.165, 1.54) is 13.8 Å². The quantitative estimate of drug-likeness (QED) is 0.470. The lowest BCUT2D eigenvalue weighted by molar-refractivity contribution is -0.313. The Hall–Kier alpha value is -1.39. The van der Waals surface area contributed by atoms with E-state index in [9.17, 15) is 4.79 Å². The van der Waals surface area contributed by atoms with Gasteiger partial charge in [-0.2, -0.15) is 0 Å². The minimum Gasteiger partial charge on any atom is -0.465 e. The summed E-state index contributed by atoms with van der Waals surface area (Å²) in [5.74, 6) is -0.704. The maximum absolute atomic E-state index is 11.5. The van der Waals surface area contributed by atoms with Crippen LogP contribution in [-0.2, 0) is 20.8 Å². The zero-order valence-electron chi connectivity index (χ0n) is 11.1. The van der Waals surface area contributed by atoms with Crippen LogP contribution < -0.4 is 0 Å². The monoisotopic (exact) mass is 239 g/mol. The Kier molecular flexibility index (Phi) is 4.53. The molecule has 1 aromatic carbocycles. The molecular formula is C13H18O4. The van der Waals surface area contributed by atoms with Gasteiger partial charge in [-0.05, 0) is 19.4 Å². The minimum atomic E-state index is -1.28. The smallest absolute Gasteiger partial charge is 0.308 e. The average Bonchev–Trinajstić information content (AvgIpc) is 2.39. The molecule has 0 saturated heterocycles. The normalized spacial score (nSPS) is 13.9. The van der Waals surface area contributed by atoms with Crippen LogP contribution in [0.3, 0.4) is 0 Å². The number of benzene rings is 1. The van der Waals surface area contributed by atoms with Gasteiger partial charge in [0.15, 0.2) is 0 Å². The Morgan fingerprint density at radius 1 is 1.41 bits per heavy atom. The van der Waals surface area contributed by atoms with Crippen molar-refractivity contribution in [3.05, 3.63) is 35.9 Å². The highest BCUT2D eigenvalue weighted by Crippen LogP contribution is 2.13. The molecule has 0 fully saturated rings. The largest absolute Gasteiger partial charge is 0.465 e. The SMILES string of the molecule is [2H]C(C(=O)OCCc1ccccc1)C(C)(C)OO. The van der Waals surface area contributed by atoms with Crippen molar-refractivity contribution < 1.29 is 21.0 Å². The molecule has 4 nitrogen and oxygen atoms in total. The van der Waals surface area contributed by atoms with E-state index < -0.39 is 18.0 Å². The number of hydrogen-bond donors (Lipinski definition) is 1. The Bertz CT molecular complexity index is 378. The fourth-order valence-corrected chi connectivity index (χ4v) is 1.27. The van der Waals surface area contributed by atoms with Gasteiger partial charge in [0.25, 0.3) is 0 Å². The van der Waals surface area contributed by atoms with Crippen molar-refractivity contribution in [2.75, 3.05) is 6.61 Å². The van der Waals surface area contributed by atoms with E-state index in [1.807, 2.05) is 30.3 Å². The first-order chi connectivity index (χ1) is 8.47. The lowest BCUT2D eigenvalue weighted by atomic mass is 10.1. The first-order valence-corrected chi connectivity index (χ1v) is 5.43. The fourth-order valence-electron chi connectivity index (χ4n) is 1.27. The van der Waals surface area contributed by atoms with Crippen LogP contribution >= 0.6 is 0 Å². The average molecular weight is 239 g/mol. The Morgan fingerprint density at radius 2 is 2.06 bits per heavy atom. The van der Waals surface area contributed by atoms with Gasteiger partial charge in [-0.3, -0.25) is 10.1 Å². The van der Waals surface area contributed by atoms with Crippen LogP contribution in [0.2, 0.25) is 0 Å². The lowest BCUT2D eigenvalue weighted by Crippen LogP contribution is -2.28. The second-order valence-electron chi connectivity index (χ2n) is 4.24. The third kappa shape index (κ3) is 5.47. The summed E-state index contributed by atoms with van der Waals surface area (Å²) >= 11 is 0. The van der Waals surface area contributed by atoms with E-state index >= 15 is 0 Å². The van der Waals surface area contributed by atoms with Gasteiger partial charge in [0, 0.05) is 7.79 Å². The summed E-state index contributed by atoms with van der Waals surface area (Å²) in [6.07, 6.45) is -0.682. The molecule has 0 aliphatic heterocycles. The summed E-state index contributed by atoms with van der Waals surface area (Å²) in [4.78, 5) is 15.6. The molecule has 0 aliphatic carbocycles. The van der Waals surface area contributed by atoms with E-state index in [1.54, 1.807) is 0 Å². The minimum absolute atomic E-state index is 0.208. The van der Waals surface area contributed by atoms with Crippen molar-refractivity contribution in [2.24, 2.45) is 0 Å². The van der Waals surface area contributed by atoms with Gasteiger partial charge < -0.3 is 4.74 Å². The Balaban J connectivity index is 2.38. The number of ether oxygens (including phenoxy) is 1. The fraction of sp³-hybridized carbons (Fsp3) is 0.462. The van der Waals surface area contributed by atoms with Crippen molar-refractivity contribution in [1.29, 1.82) is 0 Å². The summed E-state index contributed by atoms with van der Waals surface area (Å²) in [5.41, 5.74) is -0.214. The summed E-state index contributed by atoms with van der Waals surface area (Å²) in [6.45, 7) is 3.10. The number of hydrogen-bond acceptors (Lipinski definition) is 4. The molecule has 94 valence electrons. The highest BCUT2D eigenvalue weighted by Gasteiger charge is 2.23. The third-order valence-corrected chi connectivity index (χ3v) is 2.18. The highest BCUT2D eigenvalue weighted by atomic mass is 17.1. The zero-order valence-corrected chi connectivity index (χ0v) is 10.1. The van der Waals surface area contributed by atoms with Crippen LogP contribution in [0.15, 0.2) is 30.3 Å². The molecule has 0 heterocycles. The van der Waals surface area contributed by atoms with Crippen LogP contribution in [0.25, 0.3) is 0 Å². The van der Waals surface area contributed by atoms with E-state index in [0.717, 1.165) is 5.56 Å². The second-order valence-corrected chi connectivity index (χ2v) is 4.24. The van der Waals surface area contributed by atoms with Crippen molar-refractivity contribution in [3.63, 3.8) is 0 Å². The highest BCUT2D eigenvalue weighted by molar-refractivity contribution is 5.70. The summed E-state index contributed by atoms with van der Waals surface area (Å²) in [7, 11) is 0. The van der Waals surface area contributed by atoms with Crippen LogP contribution in [0.5, 0.6) is 0 Å². The predicted octanol–water partition coefficient (Wildman–Crippen LogP) is 2.43. The third-order valence-electron chi connectivity index (χ3n) is 2.18. The molecular weight excluding hydrogens is 220 g/mol. The maximum Gasteiger partial charge on any atom is 0.308 e. The van der Waals surface area contributed by atoms with Crippen LogP contribution in [0.1, 0.15) is 27.2 Å². The summed E-state index contributed by atoms with van der Waals surface area (Å²) in [6, 6.07) is 9.61. The molecule has 1 N–H and O–H groups in total. The predicted molar refractivity (Wildman–Crippen MR) is 63.5 cm³/mol. The molecule has 1 rings (SSSR count). The molecule has 4 heteroatoms. The Morgan fingerprint density at radius 3 is 2.65 bits per heavy atom. The number of esters is 1. The maximum atomic E-state index is 11.5. The topological polar surface area (TPSA) is 55.8 Å². The molecule has 0 saturated carbocycles. The molecule has 1 atom stereocenters. The van der Waals surface area contributed by atoms with Crippen molar-refractivity contribution in [1.82, 2.24) is 0 Å². The van der Waals surface area contributed by atoms with E-state index in [4.69, 9.17) is 11.4 Å². The molecule has 0 radical (unpaired) electrons. The Labute approximate surface area is 103 Å². The van der Waals surface area contributed by atoms with Crippen molar-refractivity contribution >= 4 is 5.97 Å². The number of carbonyl (C=O) groups is 1. The molecule has 1 aromatic rings. The molecule has 1 unspecified atom stereocenters. The molecule has 0 aromatic heterocycles. The van der Waals surface area contributed by atoms with E-state index in [2.05, 4.69) is 4.89 Å². The summed E-state index contributed by atoms with van der Waals surface area (Å²) < 4.78 is 12.6. The second kappa shape index (κ2) is 6.37. The first-order valence-electron chi connectivity index (χ1n) is 6.00. The van der Waals surface area contributed by atoms with Crippen molar-refractivity contribution in [3.8, 4) is 0 Å². The van der Waals surface area contributed by atoms with Gasteiger partial charge in [0.2, 0.25) is 0 Å². The van der Waals surface area contributed by atoms with Gasteiger partial charge in [0.05, 0.1) is 13.0 Å². The van der Waals surface area contributed by atoms with Gasteiger partial charge in [-0.25, -0.2) is 4.89 Å². The zero-order chi connectivity index (χ0) is 13.6. The first kappa shape index (κ1) is 12.1. The number of rotatable bonds is 6. The molecule has 0 amide bonds. The van der Waals surface area contributed by atoms with E-state index in [0.29, 0.717) is 6.42 Å². The molecule has 0 spiro atoms. The van der Waals surface area contributed by atoms with Gasteiger partial charge in [0.1, 0.15) is 5.60 Å². The van der Waals surface area contributed by atoms with E-state index in [-0.39, 0.29) is 6.61 Å². The van der Waals surface area contributed by atoms with Gasteiger partial charge in [-0.1, -0.05) is 30.3 Å². The lowest BCUT2D eigenvalue weighted by Gasteiger charge is -2.18. The molecule has 17 heavy (non-hydrogen) atoms. The molecule has 0 aliphatic rings.